The molecule has 1 aliphatic carbocycles. The standard InChI is InChI=1S/C13H26N2O/c1-4-12(2,3)11(16)15-10-13(9-14)7-5-6-8-13/h4-10,14H2,1-3H3,(H,15,16). The first-order valence-electron chi connectivity index (χ1n) is 6.44. The van der Waals surface area contributed by atoms with Gasteiger partial charge in [-0.15, -0.1) is 0 Å². The second kappa shape index (κ2) is 5.17. The minimum absolute atomic E-state index is 0.162. The molecule has 1 amide bonds. The van der Waals surface area contributed by atoms with Gasteiger partial charge in [0.1, 0.15) is 0 Å². The van der Waals surface area contributed by atoms with Crippen molar-refractivity contribution in [2.75, 3.05) is 13.1 Å². The largest absolute Gasteiger partial charge is 0.355 e. The summed E-state index contributed by atoms with van der Waals surface area (Å²) in [7, 11) is 0. The molecular weight excluding hydrogens is 200 g/mol. The third-order valence-corrected chi connectivity index (χ3v) is 4.22. The number of carbonyl (C=O) groups excluding carboxylic acids is 1. The molecule has 1 rings (SSSR count). The van der Waals surface area contributed by atoms with Crippen LogP contribution in [-0.4, -0.2) is 19.0 Å². The van der Waals surface area contributed by atoms with Crippen molar-refractivity contribution in [1.82, 2.24) is 5.32 Å². The van der Waals surface area contributed by atoms with Gasteiger partial charge in [0.05, 0.1) is 0 Å². The molecule has 3 heteroatoms. The van der Waals surface area contributed by atoms with E-state index in [9.17, 15) is 4.79 Å². The zero-order valence-electron chi connectivity index (χ0n) is 10.9. The molecule has 0 aromatic carbocycles. The van der Waals surface area contributed by atoms with Crippen LogP contribution < -0.4 is 11.1 Å². The van der Waals surface area contributed by atoms with Gasteiger partial charge in [-0.2, -0.15) is 0 Å². The fraction of sp³-hybridized carbons (Fsp3) is 0.923. The molecule has 3 N–H and O–H groups in total. The molecule has 0 aromatic heterocycles. The van der Waals surface area contributed by atoms with Crippen LogP contribution in [0.3, 0.4) is 0 Å². The van der Waals surface area contributed by atoms with Crippen LogP contribution in [0.2, 0.25) is 0 Å². The summed E-state index contributed by atoms with van der Waals surface area (Å²) in [4.78, 5) is 12.0. The molecule has 0 aliphatic heterocycles. The lowest BCUT2D eigenvalue weighted by molar-refractivity contribution is -0.130. The fourth-order valence-corrected chi connectivity index (χ4v) is 2.25. The van der Waals surface area contributed by atoms with Crippen LogP contribution in [0.15, 0.2) is 0 Å². The second-order valence-corrected chi connectivity index (χ2v) is 5.83. The second-order valence-electron chi connectivity index (χ2n) is 5.83. The molecule has 0 unspecified atom stereocenters. The summed E-state index contributed by atoms with van der Waals surface area (Å²) in [5.74, 6) is 0.162. The number of carbonyl (C=O) groups is 1. The molecule has 94 valence electrons. The molecule has 0 saturated heterocycles. The molecule has 1 fully saturated rings. The Labute approximate surface area is 99.2 Å². The zero-order chi connectivity index (χ0) is 12.2. The van der Waals surface area contributed by atoms with Gasteiger partial charge in [0.15, 0.2) is 0 Å². The van der Waals surface area contributed by atoms with Crippen molar-refractivity contribution < 1.29 is 4.79 Å². The van der Waals surface area contributed by atoms with E-state index >= 15 is 0 Å². The van der Waals surface area contributed by atoms with E-state index in [0.29, 0.717) is 6.54 Å². The van der Waals surface area contributed by atoms with Crippen LogP contribution in [0.5, 0.6) is 0 Å². The van der Waals surface area contributed by atoms with Gasteiger partial charge < -0.3 is 11.1 Å². The highest BCUT2D eigenvalue weighted by Gasteiger charge is 2.34. The van der Waals surface area contributed by atoms with Gasteiger partial charge in [0.2, 0.25) is 5.91 Å². The maximum absolute atomic E-state index is 12.0. The first kappa shape index (κ1) is 13.5. The first-order valence-corrected chi connectivity index (χ1v) is 6.44. The third-order valence-electron chi connectivity index (χ3n) is 4.22. The molecule has 0 heterocycles. The smallest absolute Gasteiger partial charge is 0.225 e. The van der Waals surface area contributed by atoms with E-state index < -0.39 is 0 Å². The van der Waals surface area contributed by atoms with Gasteiger partial charge in [-0.3, -0.25) is 4.79 Å². The molecular formula is C13H26N2O. The first-order chi connectivity index (χ1) is 7.46. The van der Waals surface area contributed by atoms with Crippen molar-refractivity contribution in [3.05, 3.63) is 0 Å². The normalized spacial score (nSPS) is 19.8. The number of hydrogen-bond donors (Lipinski definition) is 2. The zero-order valence-corrected chi connectivity index (χ0v) is 10.9. The minimum atomic E-state index is -0.256. The van der Waals surface area contributed by atoms with Crippen LogP contribution in [0, 0.1) is 10.8 Å². The van der Waals surface area contributed by atoms with E-state index in [0.717, 1.165) is 25.8 Å². The summed E-state index contributed by atoms with van der Waals surface area (Å²) in [5, 5.41) is 3.09. The van der Waals surface area contributed by atoms with Gasteiger partial charge in [-0.05, 0) is 31.2 Å². The van der Waals surface area contributed by atoms with Crippen molar-refractivity contribution in [2.45, 2.75) is 52.9 Å². The van der Waals surface area contributed by atoms with Gasteiger partial charge in [-0.25, -0.2) is 0 Å². The fourth-order valence-electron chi connectivity index (χ4n) is 2.25. The molecule has 0 atom stereocenters. The van der Waals surface area contributed by atoms with E-state index in [1.54, 1.807) is 0 Å². The lowest BCUT2D eigenvalue weighted by atomic mass is 9.84. The molecule has 3 nitrogen and oxygen atoms in total. The van der Waals surface area contributed by atoms with Crippen molar-refractivity contribution >= 4 is 5.91 Å². The predicted molar refractivity (Wildman–Crippen MR) is 67.0 cm³/mol. The maximum Gasteiger partial charge on any atom is 0.225 e. The molecule has 0 bridgehead atoms. The highest BCUT2D eigenvalue weighted by Crippen LogP contribution is 2.36. The SMILES string of the molecule is CCC(C)(C)C(=O)NCC1(CN)CCCC1. The monoisotopic (exact) mass is 226 g/mol. The van der Waals surface area contributed by atoms with E-state index in [2.05, 4.69) is 5.32 Å². The Morgan fingerprint density at radius 1 is 1.38 bits per heavy atom. The van der Waals surface area contributed by atoms with Crippen molar-refractivity contribution in [2.24, 2.45) is 16.6 Å². The summed E-state index contributed by atoms with van der Waals surface area (Å²) in [6, 6.07) is 0. The Morgan fingerprint density at radius 3 is 2.38 bits per heavy atom. The quantitative estimate of drug-likeness (QED) is 0.754. The molecule has 0 spiro atoms. The number of nitrogens with two attached hydrogens (primary N) is 1. The van der Waals surface area contributed by atoms with Crippen LogP contribution in [0.4, 0.5) is 0 Å². The molecule has 0 aromatic rings. The highest BCUT2D eigenvalue weighted by molar-refractivity contribution is 5.81. The third kappa shape index (κ3) is 2.97. The average molecular weight is 226 g/mol. The van der Waals surface area contributed by atoms with E-state index in [1.165, 1.54) is 12.8 Å². The van der Waals surface area contributed by atoms with Crippen LogP contribution >= 0.6 is 0 Å². The van der Waals surface area contributed by atoms with Crippen molar-refractivity contribution in [3.63, 3.8) is 0 Å². The van der Waals surface area contributed by atoms with Crippen LogP contribution in [-0.2, 0) is 4.79 Å². The minimum Gasteiger partial charge on any atom is -0.355 e. The Bertz CT molecular complexity index is 242. The molecule has 16 heavy (non-hydrogen) atoms. The summed E-state index contributed by atoms with van der Waals surface area (Å²) in [5.41, 5.74) is 5.77. The van der Waals surface area contributed by atoms with E-state index in [4.69, 9.17) is 5.73 Å². The Kier molecular flexibility index (Phi) is 4.36. The van der Waals surface area contributed by atoms with Crippen LogP contribution in [0.1, 0.15) is 52.9 Å². The van der Waals surface area contributed by atoms with E-state index in [1.807, 2.05) is 20.8 Å². The summed E-state index contributed by atoms with van der Waals surface area (Å²) in [6.07, 6.45) is 5.70. The molecule has 1 saturated carbocycles. The van der Waals surface area contributed by atoms with Gasteiger partial charge in [0.25, 0.3) is 0 Å². The summed E-state index contributed by atoms with van der Waals surface area (Å²) >= 11 is 0. The maximum atomic E-state index is 12.0. The number of rotatable bonds is 5. The summed E-state index contributed by atoms with van der Waals surface area (Å²) < 4.78 is 0. The highest BCUT2D eigenvalue weighted by atomic mass is 16.2. The van der Waals surface area contributed by atoms with Gasteiger partial charge in [0, 0.05) is 12.0 Å². The number of amides is 1. The van der Waals surface area contributed by atoms with Crippen molar-refractivity contribution in [3.8, 4) is 0 Å². The molecule has 1 aliphatic rings. The average Bonchev–Trinajstić information content (AvgIpc) is 2.75. The summed E-state index contributed by atoms with van der Waals surface area (Å²) in [6.45, 7) is 7.48. The van der Waals surface area contributed by atoms with Crippen molar-refractivity contribution in [1.29, 1.82) is 0 Å². The number of hydrogen-bond acceptors (Lipinski definition) is 2. The Hall–Kier alpha value is -0.570. The van der Waals surface area contributed by atoms with Gasteiger partial charge >= 0.3 is 0 Å². The van der Waals surface area contributed by atoms with Gasteiger partial charge in [-0.1, -0.05) is 33.6 Å². The lowest BCUT2D eigenvalue weighted by Gasteiger charge is -2.30. The Morgan fingerprint density at radius 2 is 1.94 bits per heavy atom. The Balaban J connectivity index is 2.47. The predicted octanol–water partition coefficient (Wildman–Crippen LogP) is 2.06. The topological polar surface area (TPSA) is 55.1 Å². The lowest BCUT2D eigenvalue weighted by Crippen LogP contribution is -2.45. The van der Waals surface area contributed by atoms with E-state index in [-0.39, 0.29) is 16.7 Å². The number of nitrogens with one attached hydrogen (secondary N) is 1. The molecule has 0 radical (unpaired) electrons. The van der Waals surface area contributed by atoms with Crippen LogP contribution in [0.25, 0.3) is 0 Å².